The van der Waals surface area contributed by atoms with Crippen LogP contribution < -0.4 is 11.1 Å². The average molecular weight is 393 g/mol. The zero-order valence-electron chi connectivity index (χ0n) is 15.8. The summed E-state index contributed by atoms with van der Waals surface area (Å²) in [6.07, 6.45) is 7.84. The molecule has 7 heteroatoms. The van der Waals surface area contributed by atoms with Crippen molar-refractivity contribution in [2.45, 2.75) is 64.7 Å². The summed E-state index contributed by atoms with van der Waals surface area (Å²) in [5, 5.41) is 12.8. The minimum atomic E-state index is -0.919. The summed E-state index contributed by atoms with van der Waals surface area (Å²) in [5.41, 5.74) is 7.04. The highest BCUT2D eigenvalue weighted by atomic mass is 32.1. The second kappa shape index (κ2) is 8.42. The van der Waals surface area contributed by atoms with Crippen molar-refractivity contribution in [3.05, 3.63) is 16.0 Å². The molecule has 1 saturated carbocycles. The van der Waals surface area contributed by atoms with Gasteiger partial charge in [-0.15, -0.1) is 11.3 Å². The molecule has 3 atom stereocenters. The van der Waals surface area contributed by atoms with Crippen molar-refractivity contribution < 1.29 is 19.5 Å². The van der Waals surface area contributed by atoms with Gasteiger partial charge in [-0.25, -0.2) is 0 Å². The Morgan fingerprint density at radius 1 is 1.19 bits per heavy atom. The molecule has 148 valence electrons. The molecule has 0 aromatic carbocycles. The predicted molar refractivity (Wildman–Crippen MR) is 105 cm³/mol. The highest BCUT2D eigenvalue weighted by Gasteiger charge is 2.37. The molecule has 0 aliphatic heterocycles. The van der Waals surface area contributed by atoms with Gasteiger partial charge in [-0.1, -0.05) is 32.6 Å². The van der Waals surface area contributed by atoms with Crippen molar-refractivity contribution in [3.63, 3.8) is 0 Å². The third-order valence-electron chi connectivity index (χ3n) is 5.97. The molecule has 2 amide bonds. The van der Waals surface area contributed by atoms with E-state index in [0.29, 0.717) is 29.3 Å². The Hall–Kier alpha value is -1.89. The van der Waals surface area contributed by atoms with Gasteiger partial charge >= 0.3 is 5.97 Å². The number of carboxylic acid groups (broad SMARTS) is 1. The summed E-state index contributed by atoms with van der Waals surface area (Å²) in [5.74, 6) is -2.33. The lowest BCUT2D eigenvalue weighted by molar-refractivity contribution is -0.147. The van der Waals surface area contributed by atoms with Crippen molar-refractivity contribution in [1.82, 2.24) is 0 Å². The summed E-state index contributed by atoms with van der Waals surface area (Å²) in [4.78, 5) is 37.5. The van der Waals surface area contributed by atoms with Crippen LogP contribution in [0.15, 0.2) is 0 Å². The maximum atomic E-state index is 12.8. The number of amides is 2. The smallest absolute Gasteiger partial charge is 0.307 e. The molecule has 1 aromatic rings. The number of aliphatic carboxylic acids is 1. The molecule has 0 bridgehead atoms. The van der Waals surface area contributed by atoms with Gasteiger partial charge in [0.1, 0.15) is 5.00 Å². The molecule has 0 spiro atoms. The van der Waals surface area contributed by atoms with Crippen LogP contribution in [0.3, 0.4) is 0 Å². The van der Waals surface area contributed by atoms with Crippen LogP contribution in [0.5, 0.6) is 0 Å². The first-order chi connectivity index (χ1) is 12.9. The van der Waals surface area contributed by atoms with E-state index < -0.39 is 23.7 Å². The van der Waals surface area contributed by atoms with E-state index in [1.807, 2.05) is 0 Å². The Balaban J connectivity index is 1.83. The van der Waals surface area contributed by atoms with E-state index in [-0.39, 0.29) is 5.91 Å². The quantitative estimate of drug-likeness (QED) is 0.687. The van der Waals surface area contributed by atoms with Crippen LogP contribution in [0.1, 0.15) is 72.7 Å². The lowest BCUT2D eigenvalue weighted by Crippen LogP contribution is -2.36. The predicted octanol–water partition coefficient (Wildman–Crippen LogP) is 3.58. The van der Waals surface area contributed by atoms with Gasteiger partial charge in [0.25, 0.3) is 5.91 Å². The minimum Gasteiger partial charge on any atom is -0.481 e. The van der Waals surface area contributed by atoms with E-state index in [1.165, 1.54) is 11.3 Å². The number of carboxylic acids is 1. The van der Waals surface area contributed by atoms with E-state index >= 15 is 0 Å². The molecule has 1 fully saturated rings. The first-order valence-corrected chi connectivity index (χ1v) is 10.7. The number of fused-ring (bicyclic) bond motifs is 1. The van der Waals surface area contributed by atoms with Crippen LogP contribution in [0, 0.1) is 17.8 Å². The summed E-state index contributed by atoms with van der Waals surface area (Å²) >= 11 is 1.44. The minimum absolute atomic E-state index is 0.298. The fourth-order valence-corrected chi connectivity index (χ4v) is 5.97. The standard InChI is InChI=1S/C20H28N2O4S/c1-2-5-11-8-9-14-15(10-11)27-19(16(14)17(21)23)22-18(24)12-6-3-4-7-13(12)20(25)26/h11-13H,2-10H2,1H3,(H2,21,23)(H,22,24)(H,25,26)/t11-,12+,13-/m1/s1. The van der Waals surface area contributed by atoms with E-state index in [0.717, 1.165) is 55.4 Å². The fraction of sp³-hybridized carbons (Fsp3) is 0.650. The Bertz CT molecular complexity index is 743. The van der Waals surface area contributed by atoms with Crippen LogP contribution >= 0.6 is 11.3 Å². The Morgan fingerprint density at radius 3 is 2.52 bits per heavy atom. The van der Waals surface area contributed by atoms with Crippen LogP contribution in [-0.2, 0) is 22.4 Å². The number of anilines is 1. The molecule has 27 heavy (non-hydrogen) atoms. The molecule has 6 nitrogen and oxygen atoms in total. The maximum absolute atomic E-state index is 12.8. The lowest BCUT2D eigenvalue weighted by Gasteiger charge is -2.27. The highest BCUT2D eigenvalue weighted by molar-refractivity contribution is 7.17. The van der Waals surface area contributed by atoms with Gasteiger partial charge in [0.05, 0.1) is 17.4 Å². The average Bonchev–Trinajstić information content (AvgIpc) is 2.99. The van der Waals surface area contributed by atoms with Crippen molar-refractivity contribution >= 4 is 34.1 Å². The summed E-state index contributed by atoms with van der Waals surface area (Å²) in [6, 6.07) is 0. The van der Waals surface area contributed by atoms with E-state index in [4.69, 9.17) is 5.73 Å². The first kappa shape index (κ1) is 19.9. The molecule has 2 aliphatic carbocycles. The monoisotopic (exact) mass is 392 g/mol. The SMILES string of the molecule is CCC[C@@H]1CCc2c(sc(NC(=O)[C@H]3CCCC[C@H]3C(=O)O)c2C(N)=O)C1. The largest absolute Gasteiger partial charge is 0.481 e. The molecule has 3 rings (SSSR count). The molecule has 0 radical (unpaired) electrons. The van der Waals surface area contributed by atoms with E-state index in [9.17, 15) is 19.5 Å². The molecule has 0 unspecified atom stereocenters. The Labute approximate surface area is 163 Å². The number of nitrogens with two attached hydrogens (primary N) is 1. The number of hydrogen-bond acceptors (Lipinski definition) is 4. The van der Waals surface area contributed by atoms with Gasteiger partial charge in [-0.05, 0) is 43.6 Å². The zero-order chi connectivity index (χ0) is 19.6. The third-order valence-corrected chi connectivity index (χ3v) is 7.14. The van der Waals surface area contributed by atoms with E-state index in [1.54, 1.807) is 0 Å². The topological polar surface area (TPSA) is 109 Å². The molecule has 0 saturated heterocycles. The van der Waals surface area contributed by atoms with Gasteiger partial charge < -0.3 is 16.2 Å². The number of carbonyl (C=O) groups excluding carboxylic acids is 2. The van der Waals surface area contributed by atoms with Crippen molar-refractivity contribution in [3.8, 4) is 0 Å². The van der Waals surface area contributed by atoms with Crippen LogP contribution in [0.4, 0.5) is 5.00 Å². The van der Waals surface area contributed by atoms with Crippen LogP contribution in [0.2, 0.25) is 0 Å². The van der Waals surface area contributed by atoms with Gasteiger partial charge in [0, 0.05) is 4.88 Å². The molecule has 2 aliphatic rings. The second-order valence-corrected chi connectivity index (χ2v) is 8.90. The second-order valence-electron chi connectivity index (χ2n) is 7.79. The zero-order valence-corrected chi connectivity index (χ0v) is 16.6. The number of hydrogen-bond donors (Lipinski definition) is 3. The number of primary amides is 1. The van der Waals surface area contributed by atoms with Crippen molar-refractivity contribution in [2.75, 3.05) is 5.32 Å². The molecular formula is C20H28N2O4S. The molecular weight excluding hydrogens is 364 g/mol. The molecule has 1 aromatic heterocycles. The Morgan fingerprint density at radius 2 is 1.89 bits per heavy atom. The normalized spacial score (nSPS) is 24.9. The number of nitrogens with one attached hydrogen (secondary N) is 1. The highest BCUT2D eigenvalue weighted by Crippen LogP contribution is 2.41. The molecule has 4 N–H and O–H groups in total. The summed E-state index contributed by atoms with van der Waals surface area (Å²) in [7, 11) is 0. The van der Waals surface area contributed by atoms with Gasteiger partial charge in [-0.3, -0.25) is 14.4 Å². The third kappa shape index (κ3) is 4.18. The molecule has 1 heterocycles. The van der Waals surface area contributed by atoms with Crippen molar-refractivity contribution in [1.29, 1.82) is 0 Å². The fourth-order valence-electron chi connectivity index (χ4n) is 4.60. The van der Waals surface area contributed by atoms with Crippen LogP contribution in [-0.4, -0.2) is 22.9 Å². The van der Waals surface area contributed by atoms with Crippen LogP contribution in [0.25, 0.3) is 0 Å². The summed E-state index contributed by atoms with van der Waals surface area (Å²) < 4.78 is 0. The van der Waals surface area contributed by atoms with Crippen molar-refractivity contribution in [2.24, 2.45) is 23.5 Å². The van der Waals surface area contributed by atoms with Gasteiger partial charge in [-0.2, -0.15) is 0 Å². The summed E-state index contributed by atoms with van der Waals surface area (Å²) in [6.45, 7) is 2.17. The number of thiophene rings is 1. The van der Waals surface area contributed by atoms with E-state index in [2.05, 4.69) is 12.2 Å². The maximum Gasteiger partial charge on any atom is 0.307 e. The van der Waals surface area contributed by atoms with Gasteiger partial charge in [0.15, 0.2) is 0 Å². The first-order valence-electron chi connectivity index (χ1n) is 9.90. The lowest BCUT2D eigenvalue weighted by atomic mass is 9.78. The number of rotatable bonds is 6. The Kier molecular flexibility index (Phi) is 6.19. The van der Waals surface area contributed by atoms with Gasteiger partial charge in [0.2, 0.25) is 5.91 Å². The number of carbonyl (C=O) groups is 3.